The predicted octanol–water partition coefficient (Wildman–Crippen LogP) is 3.38. The lowest BCUT2D eigenvalue weighted by Crippen LogP contribution is -2.43. The Labute approximate surface area is 145 Å². The molecule has 0 aliphatic rings. The van der Waals surface area contributed by atoms with Gasteiger partial charge in [-0.05, 0) is 55.7 Å². The molecule has 0 saturated heterocycles. The predicted molar refractivity (Wildman–Crippen MR) is 98.7 cm³/mol. The van der Waals surface area contributed by atoms with Crippen LogP contribution in [-0.4, -0.2) is 30.8 Å². The first kappa shape index (κ1) is 20.4. The number of benzene rings is 1. The molecule has 5 heteroatoms. The quantitative estimate of drug-likeness (QED) is 0.478. The molecule has 0 heterocycles. The van der Waals surface area contributed by atoms with Crippen LogP contribution in [0.15, 0.2) is 23.2 Å². The van der Waals surface area contributed by atoms with Gasteiger partial charge in [0, 0.05) is 19.7 Å². The van der Waals surface area contributed by atoms with Crippen LogP contribution in [0.2, 0.25) is 0 Å². The van der Waals surface area contributed by atoms with E-state index in [9.17, 15) is 9.50 Å². The number of aliphatic hydroxyl groups excluding tert-OH is 1. The number of aliphatic hydroxyl groups is 1. The molecule has 3 N–H and O–H groups in total. The molecule has 4 nitrogen and oxygen atoms in total. The minimum atomic E-state index is -0.188. The van der Waals surface area contributed by atoms with Crippen molar-refractivity contribution in [3.8, 4) is 0 Å². The molecular weight excluding hydrogens is 305 g/mol. The second-order valence-corrected chi connectivity index (χ2v) is 6.31. The highest BCUT2D eigenvalue weighted by Crippen LogP contribution is 2.29. The third kappa shape index (κ3) is 6.11. The smallest absolute Gasteiger partial charge is 0.191 e. The van der Waals surface area contributed by atoms with Gasteiger partial charge in [0.15, 0.2) is 5.96 Å². The second-order valence-electron chi connectivity index (χ2n) is 6.31. The van der Waals surface area contributed by atoms with Crippen LogP contribution in [-0.2, 0) is 6.54 Å². The van der Waals surface area contributed by atoms with Crippen LogP contribution >= 0.6 is 0 Å². The Morgan fingerprint density at radius 2 is 1.92 bits per heavy atom. The Hall–Kier alpha value is -1.62. The molecule has 0 aromatic heterocycles. The van der Waals surface area contributed by atoms with E-state index < -0.39 is 0 Å². The third-order valence-corrected chi connectivity index (χ3v) is 4.76. The summed E-state index contributed by atoms with van der Waals surface area (Å²) in [4.78, 5) is 4.60. The fourth-order valence-corrected chi connectivity index (χ4v) is 2.77. The molecule has 0 fully saturated rings. The first-order chi connectivity index (χ1) is 11.5. The molecule has 0 amide bonds. The lowest BCUT2D eigenvalue weighted by atomic mass is 9.79. The average molecular weight is 337 g/mol. The van der Waals surface area contributed by atoms with E-state index in [1.165, 1.54) is 6.07 Å². The summed E-state index contributed by atoms with van der Waals surface area (Å²) in [5.74, 6) is 0.566. The van der Waals surface area contributed by atoms with Crippen LogP contribution in [0.4, 0.5) is 4.39 Å². The molecule has 136 valence electrons. The third-order valence-electron chi connectivity index (χ3n) is 4.76. The number of aliphatic imine (C=N–C) groups is 1. The van der Waals surface area contributed by atoms with Gasteiger partial charge in [0.25, 0.3) is 0 Å². The highest BCUT2D eigenvalue weighted by Gasteiger charge is 2.25. The lowest BCUT2D eigenvalue weighted by molar-refractivity contribution is 0.169. The topological polar surface area (TPSA) is 56.7 Å². The van der Waals surface area contributed by atoms with Gasteiger partial charge in [0.2, 0.25) is 0 Å². The van der Waals surface area contributed by atoms with E-state index in [0.717, 1.165) is 43.9 Å². The Balaban J connectivity index is 2.76. The normalized spacial score (nSPS) is 12.3. The summed E-state index contributed by atoms with van der Waals surface area (Å²) >= 11 is 0. The number of hydrogen-bond acceptors (Lipinski definition) is 2. The van der Waals surface area contributed by atoms with E-state index in [2.05, 4.69) is 29.5 Å². The van der Waals surface area contributed by atoms with Crippen molar-refractivity contribution in [2.75, 3.05) is 19.7 Å². The molecule has 1 aromatic carbocycles. The van der Waals surface area contributed by atoms with Crippen LogP contribution in [0.5, 0.6) is 0 Å². The molecule has 0 bridgehead atoms. The van der Waals surface area contributed by atoms with Gasteiger partial charge in [0.1, 0.15) is 5.82 Å². The summed E-state index contributed by atoms with van der Waals surface area (Å²) < 4.78 is 13.3. The Morgan fingerprint density at radius 1 is 1.21 bits per heavy atom. The molecule has 0 spiro atoms. The summed E-state index contributed by atoms with van der Waals surface area (Å²) in [5.41, 5.74) is 1.70. The fourth-order valence-electron chi connectivity index (χ4n) is 2.77. The van der Waals surface area contributed by atoms with Crippen molar-refractivity contribution in [3.05, 3.63) is 35.1 Å². The summed E-state index contributed by atoms with van der Waals surface area (Å²) in [6.45, 7) is 10.4. The van der Waals surface area contributed by atoms with E-state index in [1.54, 1.807) is 13.0 Å². The number of nitrogens with one attached hydrogen (secondary N) is 2. The molecule has 0 atom stereocenters. The van der Waals surface area contributed by atoms with E-state index in [4.69, 9.17) is 0 Å². The number of halogens is 1. The van der Waals surface area contributed by atoms with Crippen LogP contribution in [0.1, 0.15) is 51.2 Å². The van der Waals surface area contributed by atoms with Crippen LogP contribution in [0.3, 0.4) is 0 Å². The summed E-state index contributed by atoms with van der Waals surface area (Å²) in [7, 11) is 0. The number of guanidine groups is 1. The standard InChI is InChI=1S/C19H32FN3O/c1-5-19(6-2,10-11-24)14-23-18(21-7-3)22-13-16-8-9-17(20)15(4)12-16/h8-9,12,24H,5-7,10-11,13-14H2,1-4H3,(H2,21,22,23). The van der Waals surface area contributed by atoms with Crippen LogP contribution in [0, 0.1) is 18.2 Å². The molecule has 0 aliphatic heterocycles. The highest BCUT2D eigenvalue weighted by molar-refractivity contribution is 5.79. The van der Waals surface area contributed by atoms with Crippen molar-refractivity contribution in [1.29, 1.82) is 0 Å². The van der Waals surface area contributed by atoms with Crippen LogP contribution in [0.25, 0.3) is 0 Å². The van der Waals surface area contributed by atoms with E-state index >= 15 is 0 Å². The molecule has 0 saturated carbocycles. The number of rotatable bonds is 9. The van der Waals surface area contributed by atoms with Crippen molar-refractivity contribution in [2.24, 2.45) is 10.4 Å². The van der Waals surface area contributed by atoms with Gasteiger partial charge >= 0.3 is 0 Å². The van der Waals surface area contributed by atoms with Crippen molar-refractivity contribution in [2.45, 2.75) is 53.5 Å². The van der Waals surface area contributed by atoms with Gasteiger partial charge < -0.3 is 15.7 Å². The van der Waals surface area contributed by atoms with E-state index in [0.29, 0.717) is 12.1 Å². The largest absolute Gasteiger partial charge is 0.396 e. The maximum Gasteiger partial charge on any atom is 0.191 e. The lowest BCUT2D eigenvalue weighted by Gasteiger charge is -2.32. The number of nitrogens with zero attached hydrogens (tertiary/aromatic N) is 1. The molecule has 24 heavy (non-hydrogen) atoms. The van der Waals surface area contributed by atoms with Crippen molar-refractivity contribution >= 4 is 5.96 Å². The molecule has 1 rings (SSSR count). The minimum absolute atomic E-state index is 0.0808. The molecular formula is C19H32FN3O. The number of hydrogen-bond donors (Lipinski definition) is 3. The molecule has 0 unspecified atom stereocenters. The number of aryl methyl sites for hydroxylation is 1. The Bertz CT molecular complexity index is 527. The summed E-state index contributed by atoms with van der Waals surface area (Å²) in [6.07, 6.45) is 2.80. The van der Waals surface area contributed by atoms with Crippen LogP contribution < -0.4 is 10.6 Å². The summed E-state index contributed by atoms with van der Waals surface area (Å²) in [5, 5.41) is 16.0. The maximum absolute atomic E-state index is 13.3. The average Bonchev–Trinajstić information content (AvgIpc) is 2.59. The van der Waals surface area contributed by atoms with Crippen molar-refractivity contribution < 1.29 is 9.50 Å². The Kier molecular flexibility index (Phi) is 8.76. The minimum Gasteiger partial charge on any atom is -0.396 e. The zero-order valence-corrected chi connectivity index (χ0v) is 15.5. The first-order valence-corrected chi connectivity index (χ1v) is 8.88. The SMILES string of the molecule is CCNC(=NCc1ccc(F)c(C)c1)NCC(CC)(CC)CCO. The van der Waals surface area contributed by atoms with Gasteiger partial charge in [-0.2, -0.15) is 0 Å². The monoisotopic (exact) mass is 337 g/mol. The van der Waals surface area contributed by atoms with Gasteiger partial charge in [-0.15, -0.1) is 0 Å². The van der Waals surface area contributed by atoms with Crippen molar-refractivity contribution in [3.63, 3.8) is 0 Å². The van der Waals surface area contributed by atoms with Gasteiger partial charge in [-0.25, -0.2) is 9.38 Å². The molecule has 0 radical (unpaired) electrons. The van der Waals surface area contributed by atoms with Crippen molar-refractivity contribution in [1.82, 2.24) is 10.6 Å². The van der Waals surface area contributed by atoms with E-state index in [-0.39, 0.29) is 17.8 Å². The zero-order chi connectivity index (χ0) is 18.0. The molecule has 0 aliphatic carbocycles. The fraction of sp³-hybridized carbons (Fsp3) is 0.632. The second kappa shape index (κ2) is 10.3. The van der Waals surface area contributed by atoms with E-state index in [1.807, 2.05) is 13.0 Å². The summed E-state index contributed by atoms with van der Waals surface area (Å²) in [6, 6.07) is 5.08. The highest BCUT2D eigenvalue weighted by atomic mass is 19.1. The van der Waals surface area contributed by atoms with Gasteiger partial charge in [-0.3, -0.25) is 0 Å². The molecule has 1 aromatic rings. The van der Waals surface area contributed by atoms with Gasteiger partial charge in [-0.1, -0.05) is 26.0 Å². The Morgan fingerprint density at radius 3 is 2.46 bits per heavy atom. The van der Waals surface area contributed by atoms with Gasteiger partial charge in [0.05, 0.1) is 6.54 Å². The first-order valence-electron chi connectivity index (χ1n) is 8.88. The maximum atomic E-state index is 13.3. The zero-order valence-electron chi connectivity index (χ0n) is 15.5.